The van der Waals surface area contributed by atoms with Gasteiger partial charge in [0.05, 0.1) is 7.11 Å². The van der Waals surface area contributed by atoms with Crippen LogP contribution in [-0.4, -0.2) is 24.7 Å². The van der Waals surface area contributed by atoms with Gasteiger partial charge in [-0.1, -0.05) is 13.8 Å². The normalized spacial score (nSPS) is 12.6. The quantitative estimate of drug-likeness (QED) is 0.771. The molecular weight excluding hydrogens is 190 g/mol. The third-order valence-electron chi connectivity index (χ3n) is 2.35. The summed E-state index contributed by atoms with van der Waals surface area (Å²) >= 11 is 0. The summed E-state index contributed by atoms with van der Waals surface area (Å²) in [5.41, 5.74) is 6.67. The molecule has 1 heterocycles. The summed E-state index contributed by atoms with van der Waals surface area (Å²) in [5, 5.41) is 3.36. The van der Waals surface area contributed by atoms with Gasteiger partial charge in [-0.2, -0.15) is 0 Å². The molecule has 0 aliphatic rings. The summed E-state index contributed by atoms with van der Waals surface area (Å²) in [7, 11) is 1.61. The number of anilines is 1. The first kappa shape index (κ1) is 11.8. The van der Waals surface area contributed by atoms with Gasteiger partial charge in [0, 0.05) is 30.5 Å². The van der Waals surface area contributed by atoms with Gasteiger partial charge in [-0.25, -0.2) is 4.98 Å². The molecule has 0 bridgehead atoms. The minimum absolute atomic E-state index is 0.275. The first-order valence-corrected chi connectivity index (χ1v) is 5.14. The molecule has 0 amide bonds. The van der Waals surface area contributed by atoms with Crippen molar-refractivity contribution in [1.29, 1.82) is 0 Å². The molecule has 4 heteroatoms. The molecule has 1 aromatic heterocycles. The van der Waals surface area contributed by atoms with E-state index in [1.54, 1.807) is 13.3 Å². The number of pyridine rings is 1. The molecule has 15 heavy (non-hydrogen) atoms. The predicted octanol–water partition coefficient (Wildman–Crippen LogP) is 1.49. The van der Waals surface area contributed by atoms with E-state index in [-0.39, 0.29) is 6.04 Å². The van der Waals surface area contributed by atoms with Gasteiger partial charge in [0.25, 0.3) is 0 Å². The summed E-state index contributed by atoms with van der Waals surface area (Å²) in [6, 6.07) is 4.05. The van der Waals surface area contributed by atoms with Crippen molar-refractivity contribution in [2.24, 2.45) is 11.7 Å². The third kappa shape index (κ3) is 3.40. The molecule has 1 rings (SSSR count). The smallest absolute Gasteiger partial charge is 0.214 e. The zero-order valence-electron chi connectivity index (χ0n) is 9.53. The standard InChI is InChI=1S/C11H19N3O/c1-8(2)10(7-12)14-9-4-5-13-11(6-9)15-3/h4-6,8,10H,7,12H2,1-3H3,(H,13,14). The molecular formula is C11H19N3O. The lowest BCUT2D eigenvalue weighted by molar-refractivity contribution is 0.398. The Hall–Kier alpha value is -1.29. The predicted molar refractivity (Wildman–Crippen MR) is 62.1 cm³/mol. The fourth-order valence-corrected chi connectivity index (χ4v) is 1.32. The number of nitrogens with two attached hydrogens (primary N) is 1. The maximum absolute atomic E-state index is 5.68. The summed E-state index contributed by atoms with van der Waals surface area (Å²) < 4.78 is 5.05. The Morgan fingerprint density at radius 1 is 1.53 bits per heavy atom. The average Bonchev–Trinajstić information content (AvgIpc) is 2.25. The Kier molecular flexibility index (Phi) is 4.37. The van der Waals surface area contributed by atoms with Crippen molar-refractivity contribution < 1.29 is 4.74 Å². The molecule has 1 unspecified atom stereocenters. The zero-order valence-corrected chi connectivity index (χ0v) is 9.53. The van der Waals surface area contributed by atoms with E-state index in [1.165, 1.54) is 0 Å². The Morgan fingerprint density at radius 2 is 2.27 bits per heavy atom. The topological polar surface area (TPSA) is 60.2 Å². The molecule has 0 fully saturated rings. The number of methoxy groups -OCH3 is 1. The number of hydrogen-bond donors (Lipinski definition) is 2. The van der Waals surface area contributed by atoms with Gasteiger partial charge >= 0.3 is 0 Å². The molecule has 0 aliphatic carbocycles. The second-order valence-corrected chi connectivity index (χ2v) is 3.82. The highest BCUT2D eigenvalue weighted by molar-refractivity contribution is 5.46. The van der Waals surface area contributed by atoms with E-state index in [0.717, 1.165) is 5.69 Å². The maximum Gasteiger partial charge on any atom is 0.214 e. The van der Waals surface area contributed by atoms with E-state index < -0.39 is 0 Å². The Labute approximate surface area is 90.8 Å². The second-order valence-electron chi connectivity index (χ2n) is 3.82. The van der Waals surface area contributed by atoms with Crippen molar-refractivity contribution in [3.63, 3.8) is 0 Å². The number of nitrogens with one attached hydrogen (secondary N) is 1. The fourth-order valence-electron chi connectivity index (χ4n) is 1.32. The molecule has 1 aromatic rings. The molecule has 0 saturated heterocycles. The lowest BCUT2D eigenvalue weighted by Crippen LogP contribution is -2.33. The molecule has 4 nitrogen and oxygen atoms in total. The van der Waals surface area contributed by atoms with Gasteiger partial charge in [0.15, 0.2) is 0 Å². The largest absolute Gasteiger partial charge is 0.481 e. The summed E-state index contributed by atoms with van der Waals surface area (Å²) in [5.74, 6) is 1.11. The van der Waals surface area contributed by atoms with Gasteiger partial charge in [0.1, 0.15) is 0 Å². The number of nitrogens with zero attached hydrogens (tertiary/aromatic N) is 1. The first-order valence-electron chi connectivity index (χ1n) is 5.14. The maximum atomic E-state index is 5.68. The van der Waals surface area contributed by atoms with Gasteiger partial charge in [0.2, 0.25) is 5.88 Å². The molecule has 0 aliphatic heterocycles. The van der Waals surface area contributed by atoms with Crippen LogP contribution in [0.15, 0.2) is 18.3 Å². The molecule has 1 atom stereocenters. The molecule has 0 spiro atoms. The molecule has 0 aromatic carbocycles. The van der Waals surface area contributed by atoms with Crippen LogP contribution in [0, 0.1) is 5.92 Å². The van der Waals surface area contributed by atoms with Crippen LogP contribution in [-0.2, 0) is 0 Å². The summed E-state index contributed by atoms with van der Waals surface area (Å²) in [4.78, 5) is 4.04. The van der Waals surface area contributed by atoms with Crippen LogP contribution in [0.2, 0.25) is 0 Å². The molecule has 84 valence electrons. The van der Waals surface area contributed by atoms with Crippen molar-refractivity contribution >= 4 is 5.69 Å². The Morgan fingerprint density at radius 3 is 2.80 bits per heavy atom. The van der Waals surface area contributed by atoms with Crippen LogP contribution in [0.3, 0.4) is 0 Å². The van der Waals surface area contributed by atoms with Crippen molar-refractivity contribution in [3.8, 4) is 5.88 Å². The van der Waals surface area contributed by atoms with E-state index in [2.05, 4.69) is 24.1 Å². The van der Waals surface area contributed by atoms with Crippen LogP contribution < -0.4 is 15.8 Å². The zero-order chi connectivity index (χ0) is 11.3. The minimum Gasteiger partial charge on any atom is -0.481 e. The van der Waals surface area contributed by atoms with Crippen LogP contribution in [0.4, 0.5) is 5.69 Å². The molecule has 3 N–H and O–H groups in total. The molecule has 0 saturated carbocycles. The van der Waals surface area contributed by atoms with Gasteiger partial charge in [-0.05, 0) is 12.0 Å². The van der Waals surface area contributed by atoms with Crippen molar-refractivity contribution in [3.05, 3.63) is 18.3 Å². The van der Waals surface area contributed by atoms with E-state index in [9.17, 15) is 0 Å². The third-order valence-corrected chi connectivity index (χ3v) is 2.35. The van der Waals surface area contributed by atoms with Gasteiger partial charge in [-0.15, -0.1) is 0 Å². The van der Waals surface area contributed by atoms with Crippen LogP contribution in [0.5, 0.6) is 5.88 Å². The van der Waals surface area contributed by atoms with E-state index in [4.69, 9.17) is 10.5 Å². The number of ether oxygens (including phenoxy) is 1. The van der Waals surface area contributed by atoms with E-state index in [0.29, 0.717) is 18.3 Å². The first-order chi connectivity index (χ1) is 7.17. The highest BCUT2D eigenvalue weighted by Gasteiger charge is 2.10. The number of aromatic nitrogens is 1. The fraction of sp³-hybridized carbons (Fsp3) is 0.545. The number of hydrogen-bond acceptors (Lipinski definition) is 4. The highest BCUT2D eigenvalue weighted by atomic mass is 16.5. The summed E-state index contributed by atoms with van der Waals surface area (Å²) in [6.45, 7) is 4.90. The monoisotopic (exact) mass is 209 g/mol. The van der Waals surface area contributed by atoms with Crippen molar-refractivity contribution in [1.82, 2.24) is 4.98 Å². The van der Waals surface area contributed by atoms with Crippen LogP contribution in [0.25, 0.3) is 0 Å². The second kappa shape index (κ2) is 5.56. The Balaban J connectivity index is 2.70. The Bertz CT molecular complexity index is 302. The lowest BCUT2D eigenvalue weighted by Gasteiger charge is -2.21. The van der Waals surface area contributed by atoms with Crippen molar-refractivity contribution in [2.75, 3.05) is 19.0 Å². The van der Waals surface area contributed by atoms with E-state index >= 15 is 0 Å². The average molecular weight is 209 g/mol. The SMILES string of the molecule is COc1cc(NC(CN)C(C)C)ccn1. The van der Waals surface area contributed by atoms with Crippen LogP contribution in [0.1, 0.15) is 13.8 Å². The molecule has 0 radical (unpaired) electrons. The highest BCUT2D eigenvalue weighted by Crippen LogP contribution is 2.16. The summed E-state index contributed by atoms with van der Waals surface area (Å²) in [6.07, 6.45) is 1.72. The minimum atomic E-state index is 0.275. The van der Waals surface area contributed by atoms with Crippen LogP contribution >= 0.6 is 0 Å². The number of rotatable bonds is 5. The van der Waals surface area contributed by atoms with E-state index in [1.807, 2.05) is 12.1 Å². The van der Waals surface area contributed by atoms with Gasteiger partial charge < -0.3 is 15.8 Å². The van der Waals surface area contributed by atoms with Crippen molar-refractivity contribution in [2.45, 2.75) is 19.9 Å². The lowest BCUT2D eigenvalue weighted by atomic mass is 10.0. The van der Waals surface area contributed by atoms with Gasteiger partial charge in [-0.3, -0.25) is 0 Å².